The van der Waals surface area contributed by atoms with Gasteiger partial charge in [-0.05, 0) is 76.0 Å². The standard InChI is InChI=1S/C16H28N2O2/c1-11(19)3-2-4-17-15(20)18-16-8-12-5-13(9-16)7-14(6-12)10-16/h11-14,19H,2-10H2,1H3,(H2,17,18,20). The Morgan fingerprint density at radius 2 is 1.75 bits per heavy atom. The molecule has 4 heteroatoms. The molecule has 4 bridgehead atoms. The van der Waals surface area contributed by atoms with Gasteiger partial charge in [-0.3, -0.25) is 0 Å². The highest BCUT2D eigenvalue weighted by Crippen LogP contribution is 2.55. The fourth-order valence-corrected chi connectivity index (χ4v) is 5.15. The minimum atomic E-state index is -0.275. The van der Waals surface area contributed by atoms with Crippen LogP contribution in [0.3, 0.4) is 0 Å². The van der Waals surface area contributed by atoms with Gasteiger partial charge in [0.15, 0.2) is 0 Å². The fraction of sp³-hybridized carbons (Fsp3) is 0.938. The molecule has 2 amide bonds. The summed E-state index contributed by atoms with van der Waals surface area (Å²) in [4.78, 5) is 12.1. The summed E-state index contributed by atoms with van der Waals surface area (Å²) in [6, 6.07) is -0.00228. The van der Waals surface area contributed by atoms with Crippen molar-refractivity contribution in [1.29, 1.82) is 0 Å². The first-order valence-electron chi connectivity index (χ1n) is 8.29. The molecule has 0 spiro atoms. The highest BCUT2D eigenvalue weighted by molar-refractivity contribution is 5.74. The van der Waals surface area contributed by atoms with Crippen molar-refractivity contribution in [3.8, 4) is 0 Å². The third kappa shape index (κ3) is 3.11. The van der Waals surface area contributed by atoms with Crippen LogP contribution in [0.15, 0.2) is 0 Å². The van der Waals surface area contributed by atoms with Crippen LogP contribution in [0.4, 0.5) is 4.79 Å². The molecule has 4 nitrogen and oxygen atoms in total. The molecule has 114 valence electrons. The van der Waals surface area contributed by atoms with Gasteiger partial charge in [-0.2, -0.15) is 0 Å². The zero-order valence-corrected chi connectivity index (χ0v) is 12.5. The number of amides is 2. The average Bonchev–Trinajstić information content (AvgIpc) is 2.32. The number of nitrogens with one attached hydrogen (secondary N) is 2. The van der Waals surface area contributed by atoms with Gasteiger partial charge in [-0.25, -0.2) is 4.79 Å². The number of carbonyl (C=O) groups excluding carboxylic acids is 1. The summed E-state index contributed by atoms with van der Waals surface area (Å²) in [7, 11) is 0. The molecular weight excluding hydrogens is 252 g/mol. The summed E-state index contributed by atoms with van der Waals surface area (Å²) in [5.74, 6) is 2.57. The lowest BCUT2D eigenvalue weighted by atomic mass is 9.53. The van der Waals surface area contributed by atoms with E-state index >= 15 is 0 Å². The molecule has 0 radical (unpaired) electrons. The Labute approximate surface area is 121 Å². The van der Waals surface area contributed by atoms with Gasteiger partial charge < -0.3 is 15.7 Å². The van der Waals surface area contributed by atoms with Crippen LogP contribution in [0.1, 0.15) is 58.3 Å². The van der Waals surface area contributed by atoms with Gasteiger partial charge in [0.2, 0.25) is 0 Å². The van der Waals surface area contributed by atoms with Crippen LogP contribution in [0.25, 0.3) is 0 Å². The molecule has 4 aliphatic rings. The van der Waals surface area contributed by atoms with Crippen molar-refractivity contribution in [1.82, 2.24) is 10.6 Å². The van der Waals surface area contributed by atoms with Gasteiger partial charge in [0, 0.05) is 12.1 Å². The first kappa shape index (κ1) is 14.2. The monoisotopic (exact) mass is 280 g/mol. The predicted molar refractivity (Wildman–Crippen MR) is 78.4 cm³/mol. The number of aliphatic hydroxyl groups is 1. The largest absolute Gasteiger partial charge is 0.393 e. The van der Waals surface area contributed by atoms with E-state index in [2.05, 4.69) is 10.6 Å². The van der Waals surface area contributed by atoms with Crippen LogP contribution in [0, 0.1) is 17.8 Å². The summed E-state index contributed by atoms with van der Waals surface area (Å²) in [6.07, 6.45) is 9.09. The number of rotatable bonds is 5. The molecule has 1 atom stereocenters. The molecule has 0 aliphatic heterocycles. The van der Waals surface area contributed by atoms with Crippen molar-refractivity contribution in [3.63, 3.8) is 0 Å². The maximum Gasteiger partial charge on any atom is 0.315 e. The van der Waals surface area contributed by atoms with Gasteiger partial charge in [0.25, 0.3) is 0 Å². The average molecular weight is 280 g/mol. The van der Waals surface area contributed by atoms with Crippen molar-refractivity contribution < 1.29 is 9.90 Å². The second-order valence-electron chi connectivity index (χ2n) is 7.57. The van der Waals surface area contributed by atoms with E-state index in [9.17, 15) is 9.90 Å². The number of hydrogen-bond acceptors (Lipinski definition) is 2. The Morgan fingerprint density at radius 1 is 1.20 bits per heavy atom. The minimum absolute atomic E-state index is 0.00228. The first-order valence-corrected chi connectivity index (χ1v) is 8.29. The van der Waals surface area contributed by atoms with Crippen LogP contribution in [-0.4, -0.2) is 29.3 Å². The van der Waals surface area contributed by atoms with Crippen LogP contribution in [-0.2, 0) is 0 Å². The lowest BCUT2D eigenvalue weighted by Gasteiger charge is -2.56. The zero-order valence-electron chi connectivity index (χ0n) is 12.5. The maximum absolute atomic E-state index is 12.1. The first-order chi connectivity index (χ1) is 9.55. The van der Waals surface area contributed by atoms with Crippen LogP contribution in [0.2, 0.25) is 0 Å². The number of aliphatic hydroxyl groups excluding tert-OH is 1. The second-order valence-corrected chi connectivity index (χ2v) is 7.57. The van der Waals surface area contributed by atoms with Gasteiger partial charge in [0.1, 0.15) is 0 Å². The number of carbonyl (C=O) groups is 1. The minimum Gasteiger partial charge on any atom is -0.393 e. The molecule has 1 unspecified atom stereocenters. The highest BCUT2D eigenvalue weighted by Gasteiger charge is 2.51. The molecule has 4 saturated carbocycles. The highest BCUT2D eigenvalue weighted by atomic mass is 16.3. The van der Waals surface area contributed by atoms with Crippen molar-refractivity contribution >= 4 is 6.03 Å². The van der Waals surface area contributed by atoms with Gasteiger partial charge >= 0.3 is 6.03 Å². The van der Waals surface area contributed by atoms with Gasteiger partial charge in [-0.15, -0.1) is 0 Å². The molecule has 0 aromatic heterocycles. The normalized spacial score (nSPS) is 39.6. The van der Waals surface area contributed by atoms with Crippen molar-refractivity contribution in [3.05, 3.63) is 0 Å². The molecule has 0 aromatic carbocycles. The summed E-state index contributed by atoms with van der Waals surface area (Å²) in [5, 5.41) is 15.5. The van der Waals surface area contributed by atoms with E-state index < -0.39 is 0 Å². The van der Waals surface area contributed by atoms with E-state index in [1.807, 2.05) is 0 Å². The van der Waals surface area contributed by atoms with E-state index in [1.54, 1.807) is 6.92 Å². The smallest absolute Gasteiger partial charge is 0.315 e. The van der Waals surface area contributed by atoms with E-state index in [1.165, 1.54) is 38.5 Å². The maximum atomic E-state index is 12.1. The summed E-state index contributed by atoms with van der Waals surface area (Å²) >= 11 is 0. The molecule has 4 aliphatic carbocycles. The summed E-state index contributed by atoms with van der Waals surface area (Å²) in [5.41, 5.74) is 0.100. The third-order valence-electron chi connectivity index (χ3n) is 5.50. The lowest BCUT2D eigenvalue weighted by molar-refractivity contribution is -0.0135. The number of hydrogen-bond donors (Lipinski definition) is 3. The molecule has 4 fully saturated rings. The molecule has 4 rings (SSSR count). The molecule has 0 aromatic rings. The molecule has 3 N–H and O–H groups in total. The Balaban J connectivity index is 1.46. The molecule has 0 saturated heterocycles. The van der Waals surface area contributed by atoms with E-state index in [4.69, 9.17) is 0 Å². The second kappa shape index (κ2) is 5.55. The predicted octanol–water partition coefficient (Wildman–Crippen LogP) is 2.42. The van der Waals surface area contributed by atoms with Crippen LogP contribution in [0.5, 0.6) is 0 Å². The quantitative estimate of drug-likeness (QED) is 0.677. The Bertz CT molecular complexity index is 332. The fourth-order valence-electron chi connectivity index (χ4n) is 5.15. The number of urea groups is 1. The van der Waals surface area contributed by atoms with E-state index in [-0.39, 0.29) is 17.7 Å². The Kier molecular flexibility index (Phi) is 3.93. The lowest BCUT2D eigenvalue weighted by Crippen LogP contribution is -2.61. The topological polar surface area (TPSA) is 61.4 Å². The van der Waals surface area contributed by atoms with Gasteiger partial charge in [-0.1, -0.05) is 0 Å². The van der Waals surface area contributed by atoms with Crippen LogP contribution >= 0.6 is 0 Å². The van der Waals surface area contributed by atoms with Crippen molar-refractivity contribution in [2.45, 2.75) is 69.9 Å². The molecular formula is C16H28N2O2. The molecule has 0 heterocycles. The summed E-state index contributed by atoms with van der Waals surface area (Å²) in [6.45, 7) is 2.44. The van der Waals surface area contributed by atoms with E-state index in [0.29, 0.717) is 6.54 Å². The van der Waals surface area contributed by atoms with Crippen LogP contribution < -0.4 is 10.6 Å². The Hall–Kier alpha value is -0.770. The van der Waals surface area contributed by atoms with Crippen molar-refractivity contribution in [2.24, 2.45) is 17.8 Å². The van der Waals surface area contributed by atoms with Gasteiger partial charge in [0.05, 0.1) is 6.10 Å². The SMILES string of the molecule is CC(O)CCCNC(=O)NC12CC3CC(CC(C3)C1)C2. The Morgan fingerprint density at radius 3 is 2.25 bits per heavy atom. The third-order valence-corrected chi connectivity index (χ3v) is 5.50. The van der Waals surface area contributed by atoms with E-state index in [0.717, 1.165) is 30.6 Å². The summed E-state index contributed by atoms with van der Waals surface area (Å²) < 4.78 is 0. The van der Waals surface area contributed by atoms with Crippen molar-refractivity contribution in [2.75, 3.05) is 6.54 Å². The molecule has 20 heavy (non-hydrogen) atoms. The zero-order chi connectivity index (χ0) is 14.2.